The van der Waals surface area contributed by atoms with Crippen molar-refractivity contribution in [3.63, 3.8) is 0 Å². The second kappa shape index (κ2) is 6.76. The average Bonchev–Trinajstić information content (AvgIpc) is 3.22. The first-order valence-corrected chi connectivity index (χ1v) is 8.71. The molecule has 0 spiro atoms. The number of hydrogen-bond acceptors (Lipinski definition) is 5. The number of rotatable bonds is 5. The van der Waals surface area contributed by atoms with Crippen molar-refractivity contribution in [2.45, 2.75) is 26.4 Å². The Morgan fingerprint density at radius 3 is 2.73 bits per heavy atom. The maximum Gasteiger partial charge on any atom is 0.226 e. The smallest absolute Gasteiger partial charge is 0.226 e. The van der Waals surface area contributed by atoms with Gasteiger partial charge in [0.15, 0.2) is 17.0 Å². The van der Waals surface area contributed by atoms with Gasteiger partial charge in [0, 0.05) is 12.2 Å². The van der Waals surface area contributed by atoms with Gasteiger partial charge in [0.1, 0.15) is 0 Å². The normalized spacial score (nSPS) is 11.4. The quantitative estimate of drug-likeness (QED) is 0.539. The minimum absolute atomic E-state index is 0.180. The van der Waals surface area contributed by atoms with Crippen molar-refractivity contribution in [3.05, 3.63) is 59.9 Å². The summed E-state index contributed by atoms with van der Waals surface area (Å²) < 4.78 is 3.83. The van der Waals surface area contributed by atoms with Crippen molar-refractivity contribution < 1.29 is 0 Å². The first-order valence-electron chi connectivity index (χ1n) is 8.33. The van der Waals surface area contributed by atoms with Crippen molar-refractivity contribution in [1.29, 1.82) is 0 Å². The van der Waals surface area contributed by atoms with Crippen LogP contribution in [0.4, 0.5) is 11.5 Å². The van der Waals surface area contributed by atoms with Gasteiger partial charge < -0.3 is 9.88 Å². The molecule has 4 rings (SSSR count). The van der Waals surface area contributed by atoms with Crippen LogP contribution in [-0.2, 0) is 6.54 Å². The van der Waals surface area contributed by atoms with Crippen LogP contribution in [0.5, 0.6) is 0 Å². The minimum atomic E-state index is 0.180. The monoisotopic (exact) mass is 367 g/mol. The predicted molar refractivity (Wildman–Crippen MR) is 102 cm³/mol. The second-order valence-electron chi connectivity index (χ2n) is 6.30. The maximum absolute atomic E-state index is 6.11. The zero-order valence-electron chi connectivity index (χ0n) is 14.5. The lowest BCUT2D eigenvalue weighted by Gasteiger charge is -2.08. The number of imidazole rings is 1. The summed E-state index contributed by atoms with van der Waals surface area (Å²) in [5.74, 6) is 0.568. The van der Waals surface area contributed by atoms with E-state index in [1.165, 1.54) is 5.56 Å². The van der Waals surface area contributed by atoms with Crippen LogP contribution in [0.3, 0.4) is 0 Å². The molecule has 7 nitrogen and oxygen atoms in total. The zero-order valence-corrected chi connectivity index (χ0v) is 15.2. The number of anilines is 2. The molecule has 0 saturated carbocycles. The van der Waals surface area contributed by atoms with E-state index in [0.29, 0.717) is 23.5 Å². The highest BCUT2D eigenvalue weighted by Gasteiger charge is 2.14. The number of nitrogens with one attached hydrogen (secondary N) is 1. The van der Waals surface area contributed by atoms with Crippen molar-refractivity contribution >= 4 is 34.3 Å². The fourth-order valence-corrected chi connectivity index (χ4v) is 2.94. The van der Waals surface area contributed by atoms with Crippen molar-refractivity contribution in [3.8, 4) is 0 Å². The Hall–Kier alpha value is -2.93. The standard InChI is InChI=1S/C18H18ClN7/c1-12(2)26-11-20-15-16(23-18(19)24-17(15)26)22-14-8-21-25(10-14)9-13-6-4-3-5-7-13/h3-8,10-12H,9H2,1-2H3,(H,22,23,24). The molecule has 132 valence electrons. The minimum Gasteiger partial charge on any atom is -0.336 e. The Morgan fingerprint density at radius 1 is 1.15 bits per heavy atom. The first kappa shape index (κ1) is 16.5. The fourth-order valence-electron chi connectivity index (χ4n) is 2.78. The molecule has 0 aliphatic heterocycles. The molecule has 0 aliphatic rings. The molecule has 26 heavy (non-hydrogen) atoms. The summed E-state index contributed by atoms with van der Waals surface area (Å²) >= 11 is 6.11. The van der Waals surface area contributed by atoms with Crippen molar-refractivity contribution in [2.24, 2.45) is 0 Å². The summed E-state index contributed by atoms with van der Waals surface area (Å²) in [6.45, 7) is 4.83. The molecule has 0 aliphatic carbocycles. The molecule has 0 radical (unpaired) electrons. The summed E-state index contributed by atoms with van der Waals surface area (Å²) in [5.41, 5.74) is 3.39. The highest BCUT2D eigenvalue weighted by Crippen LogP contribution is 2.25. The van der Waals surface area contributed by atoms with Gasteiger partial charge in [0.05, 0.1) is 24.8 Å². The lowest BCUT2D eigenvalue weighted by atomic mass is 10.2. The van der Waals surface area contributed by atoms with Gasteiger partial charge in [-0.1, -0.05) is 30.3 Å². The van der Waals surface area contributed by atoms with E-state index in [0.717, 1.165) is 5.69 Å². The van der Waals surface area contributed by atoms with Crippen LogP contribution in [0.15, 0.2) is 49.1 Å². The molecule has 3 heterocycles. The van der Waals surface area contributed by atoms with Gasteiger partial charge in [0.2, 0.25) is 5.28 Å². The van der Waals surface area contributed by atoms with E-state index in [2.05, 4.69) is 51.3 Å². The van der Waals surface area contributed by atoms with Gasteiger partial charge in [-0.2, -0.15) is 15.1 Å². The third-order valence-electron chi connectivity index (χ3n) is 4.03. The van der Waals surface area contributed by atoms with Crippen LogP contribution < -0.4 is 5.32 Å². The summed E-state index contributed by atoms with van der Waals surface area (Å²) in [7, 11) is 0. The highest BCUT2D eigenvalue weighted by atomic mass is 35.5. The fraction of sp³-hybridized carbons (Fsp3) is 0.222. The number of aromatic nitrogens is 6. The van der Waals surface area contributed by atoms with Crippen molar-refractivity contribution in [1.82, 2.24) is 29.3 Å². The molecule has 4 aromatic rings. The molecule has 0 fully saturated rings. The second-order valence-corrected chi connectivity index (χ2v) is 6.63. The van der Waals surface area contributed by atoms with Crippen LogP contribution in [0.25, 0.3) is 11.2 Å². The van der Waals surface area contributed by atoms with E-state index >= 15 is 0 Å². The molecular formula is C18H18ClN7. The Bertz CT molecular complexity index is 1040. The SMILES string of the molecule is CC(C)n1cnc2c(Nc3cnn(Cc4ccccc4)c3)nc(Cl)nc21. The molecule has 1 N–H and O–H groups in total. The predicted octanol–water partition coefficient (Wildman–Crippen LogP) is 4.05. The van der Waals surface area contributed by atoms with Crippen LogP contribution in [-0.4, -0.2) is 29.3 Å². The third kappa shape index (κ3) is 3.25. The Morgan fingerprint density at radius 2 is 1.96 bits per heavy atom. The first-order chi connectivity index (χ1) is 12.6. The van der Waals surface area contributed by atoms with E-state index in [-0.39, 0.29) is 11.3 Å². The van der Waals surface area contributed by atoms with Crippen molar-refractivity contribution in [2.75, 3.05) is 5.32 Å². The summed E-state index contributed by atoms with van der Waals surface area (Å²) in [5, 5.41) is 7.83. The van der Waals surface area contributed by atoms with Crippen LogP contribution in [0.2, 0.25) is 5.28 Å². The van der Waals surface area contributed by atoms with E-state index in [1.54, 1.807) is 12.5 Å². The van der Waals surface area contributed by atoms with Crippen LogP contribution >= 0.6 is 11.6 Å². The lowest BCUT2D eigenvalue weighted by molar-refractivity contribution is 0.612. The van der Waals surface area contributed by atoms with Gasteiger partial charge in [0.25, 0.3) is 0 Å². The highest BCUT2D eigenvalue weighted by molar-refractivity contribution is 6.28. The number of benzene rings is 1. The Labute approximate surface area is 155 Å². The number of nitrogens with zero attached hydrogens (tertiary/aromatic N) is 6. The molecule has 0 atom stereocenters. The summed E-state index contributed by atoms with van der Waals surface area (Å²) in [4.78, 5) is 13.0. The van der Waals surface area contributed by atoms with Gasteiger partial charge in [-0.3, -0.25) is 4.68 Å². The van der Waals surface area contributed by atoms with Gasteiger partial charge in [-0.25, -0.2) is 4.98 Å². The average molecular weight is 368 g/mol. The summed E-state index contributed by atoms with van der Waals surface area (Å²) in [6.07, 6.45) is 5.43. The van der Waals surface area contributed by atoms with E-state index in [1.807, 2.05) is 33.6 Å². The van der Waals surface area contributed by atoms with Gasteiger partial charge in [-0.15, -0.1) is 0 Å². The van der Waals surface area contributed by atoms with E-state index in [4.69, 9.17) is 11.6 Å². The molecule has 0 saturated heterocycles. The van der Waals surface area contributed by atoms with Gasteiger partial charge in [-0.05, 0) is 31.0 Å². The molecular weight excluding hydrogens is 350 g/mol. The third-order valence-corrected chi connectivity index (χ3v) is 4.20. The maximum atomic E-state index is 6.11. The lowest BCUT2D eigenvalue weighted by Crippen LogP contribution is -2.02. The molecule has 8 heteroatoms. The Kier molecular flexibility index (Phi) is 4.30. The summed E-state index contributed by atoms with van der Waals surface area (Å²) in [6, 6.07) is 10.4. The zero-order chi connectivity index (χ0) is 18.1. The molecule has 3 aromatic heterocycles. The van der Waals surface area contributed by atoms with Crippen LogP contribution in [0, 0.1) is 0 Å². The van der Waals surface area contributed by atoms with Gasteiger partial charge >= 0.3 is 0 Å². The van der Waals surface area contributed by atoms with E-state index < -0.39 is 0 Å². The Balaban J connectivity index is 1.62. The molecule has 0 amide bonds. The number of hydrogen-bond donors (Lipinski definition) is 1. The molecule has 0 unspecified atom stereocenters. The van der Waals surface area contributed by atoms with E-state index in [9.17, 15) is 0 Å². The number of halogens is 1. The molecule has 0 bridgehead atoms. The number of fused-ring (bicyclic) bond motifs is 1. The largest absolute Gasteiger partial charge is 0.336 e. The molecule has 1 aromatic carbocycles. The van der Waals surface area contributed by atoms with Crippen LogP contribution in [0.1, 0.15) is 25.5 Å². The topological polar surface area (TPSA) is 73.5 Å².